The molecule has 0 saturated carbocycles. The maximum Gasteiger partial charge on any atom is 0.233 e. The molecule has 1 aromatic heterocycles. The van der Waals surface area contributed by atoms with Crippen LogP contribution in [0.3, 0.4) is 0 Å². The predicted molar refractivity (Wildman–Crippen MR) is 69.9 cm³/mol. The number of carbonyl (C=O) groups excluding carboxylic acids is 1. The fraction of sp³-hybridized carbons (Fsp3) is 0.500. The average molecular weight is 256 g/mol. The van der Waals surface area contributed by atoms with Crippen molar-refractivity contribution in [2.24, 2.45) is 11.1 Å². The monoisotopic (exact) mass is 255 g/mol. The van der Waals surface area contributed by atoms with Crippen molar-refractivity contribution < 1.29 is 4.79 Å². The first-order valence-electron chi connectivity index (χ1n) is 5.71. The van der Waals surface area contributed by atoms with Gasteiger partial charge in [-0.1, -0.05) is 25.4 Å². The van der Waals surface area contributed by atoms with Crippen molar-refractivity contribution in [1.29, 1.82) is 0 Å². The smallest absolute Gasteiger partial charge is 0.233 e. The topological polar surface area (TPSA) is 68.0 Å². The summed E-state index contributed by atoms with van der Waals surface area (Å²) in [5, 5.41) is 3.31. The Labute approximate surface area is 107 Å². The molecule has 0 fully saturated rings. The summed E-state index contributed by atoms with van der Waals surface area (Å²) < 4.78 is 0. The standard InChI is InChI=1S/C12H18ClN3O/c1-3-12(4-2,8-14)11(17)16-10-7-9(13)5-6-15-10/h5-7H,3-4,8,14H2,1-2H3,(H,15,16,17). The minimum Gasteiger partial charge on any atom is -0.329 e. The van der Waals surface area contributed by atoms with Gasteiger partial charge < -0.3 is 11.1 Å². The number of hydrogen-bond donors (Lipinski definition) is 2. The number of amides is 1. The number of hydrogen-bond acceptors (Lipinski definition) is 3. The molecule has 94 valence electrons. The Morgan fingerprint density at radius 3 is 2.65 bits per heavy atom. The lowest BCUT2D eigenvalue weighted by Gasteiger charge is -2.28. The first-order chi connectivity index (χ1) is 8.07. The van der Waals surface area contributed by atoms with Gasteiger partial charge in [-0.3, -0.25) is 4.79 Å². The lowest BCUT2D eigenvalue weighted by atomic mass is 9.81. The number of rotatable bonds is 5. The third kappa shape index (κ3) is 3.17. The molecule has 0 aliphatic rings. The Kier molecular flexibility index (Phi) is 4.90. The van der Waals surface area contributed by atoms with Crippen LogP contribution < -0.4 is 11.1 Å². The third-order valence-corrected chi connectivity index (χ3v) is 3.42. The van der Waals surface area contributed by atoms with Gasteiger partial charge in [0, 0.05) is 17.8 Å². The van der Waals surface area contributed by atoms with Crippen LogP contribution in [-0.4, -0.2) is 17.4 Å². The molecule has 0 radical (unpaired) electrons. The summed E-state index contributed by atoms with van der Waals surface area (Å²) in [5.74, 6) is 0.363. The van der Waals surface area contributed by atoms with E-state index in [0.717, 1.165) is 0 Å². The summed E-state index contributed by atoms with van der Waals surface area (Å²) >= 11 is 5.83. The summed E-state index contributed by atoms with van der Waals surface area (Å²) in [7, 11) is 0. The summed E-state index contributed by atoms with van der Waals surface area (Å²) in [4.78, 5) is 16.2. The van der Waals surface area contributed by atoms with Crippen molar-refractivity contribution >= 4 is 23.3 Å². The van der Waals surface area contributed by atoms with Gasteiger partial charge in [0.05, 0.1) is 5.41 Å². The first-order valence-corrected chi connectivity index (χ1v) is 6.09. The Balaban J connectivity index is 2.84. The number of carbonyl (C=O) groups is 1. The van der Waals surface area contributed by atoms with Gasteiger partial charge in [0.1, 0.15) is 5.82 Å². The van der Waals surface area contributed by atoms with E-state index in [4.69, 9.17) is 17.3 Å². The highest BCUT2D eigenvalue weighted by atomic mass is 35.5. The molecule has 1 aromatic rings. The molecule has 0 aliphatic carbocycles. The van der Waals surface area contributed by atoms with Crippen molar-refractivity contribution in [2.75, 3.05) is 11.9 Å². The van der Waals surface area contributed by atoms with E-state index in [9.17, 15) is 4.79 Å². The van der Waals surface area contributed by atoms with E-state index in [1.165, 1.54) is 0 Å². The first kappa shape index (κ1) is 13.9. The van der Waals surface area contributed by atoms with Gasteiger partial charge in [-0.2, -0.15) is 0 Å². The van der Waals surface area contributed by atoms with Crippen molar-refractivity contribution in [1.82, 2.24) is 4.98 Å². The zero-order chi connectivity index (χ0) is 12.9. The van der Waals surface area contributed by atoms with E-state index in [1.807, 2.05) is 13.8 Å². The second kappa shape index (κ2) is 5.98. The van der Waals surface area contributed by atoms with Crippen LogP contribution in [0.25, 0.3) is 0 Å². The molecular formula is C12H18ClN3O. The molecule has 0 unspecified atom stereocenters. The summed E-state index contributed by atoms with van der Waals surface area (Å²) in [6, 6.07) is 3.28. The van der Waals surface area contributed by atoms with E-state index in [0.29, 0.717) is 30.2 Å². The SMILES string of the molecule is CCC(CC)(CN)C(=O)Nc1cc(Cl)ccn1. The van der Waals surface area contributed by atoms with Crippen molar-refractivity contribution in [3.05, 3.63) is 23.4 Å². The molecule has 0 aromatic carbocycles. The van der Waals surface area contributed by atoms with Crippen LogP contribution in [0.2, 0.25) is 5.02 Å². The second-order valence-corrected chi connectivity index (χ2v) is 4.44. The number of aromatic nitrogens is 1. The fourth-order valence-electron chi connectivity index (χ4n) is 1.67. The Hall–Kier alpha value is -1.13. The quantitative estimate of drug-likeness (QED) is 0.849. The summed E-state index contributed by atoms with van der Waals surface area (Å²) in [6.45, 7) is 4.25. The molecule has 0 bridgehead atoms. The predicted octanol–water partition coefficient (Wildman–Crippen LogP) is 2.44. The largest absolute Gasteiger partial charge is 0.329 e. The van der Waals surface area contributed by atoms with Gasteiger partial charge in [0.15, 0.2) is 0 Å². The molecule has 17 heavy (non-hydrogen) atoms. The Morgan fingerprint density at radius 1 is 1.53 bits per heavy atom. The molecule has 3 N–H and O–H groups in total. The molecule has 0 aliphatic heterocycles. The van der Waals surface area contributed by atoms with E-state index < -0.39 is 5.41 Å². The molecule has 1 amide bonds. The highest BCUT2D eigenvalue weighted by Crippen LogP contribution is 2.26. The molecule has 5 heteroatoms. The van der Waals surface area contributed by atoms with E-state index in [-0.39, 0.29) is 5.91 Å². The number of anilines is 1. The Morgan fingerprint density at radius 2 is 2.18 bits per heavy atom. The van der Waals surface area contributed by atoms with Crippen LogP contribution in [-0.2, 0) is 4.79 Å². The number of pyridine rings is 1. The number of halogens is 1. The average Bonchev–Trinajstić information content (AvgIpc) is 2.32. The van der Waals surface area contributed by atoms with Crippen LogP contribution in [0, 0.1) is 5.41 Å². The van der Waals surface area contributed by atoms with E-state index in [1.54, 1.807) is 18.3 Å². The maximum absolute atomic E-state index is 12.2. The van der Waals surface area contributed by atoms with Gasteiger partial charge in [-0.05, 0) is 25.0 Å². The molecule has 4 nitrogen and oxygen atoms in total. The Bertz CT molecular complexity index is 383. The molecule has 0 saturated heterocycles. The van der Waals surface area contributed by atoms with Crippen LogP contribution in [0.5, 0.6) is 0 Å². The number of nitrogens with zero attached hydrogens (tertiary/aromatic N) is 1. The molecule has 1 heterocycles. The molecular weight excluding hydrogens is 238 g/mol. The number of nitrogens with two attached hydrogens (primary N) is 1. The molecule has 0 spiro atoms. The molecule has 0 atom stereocenters. The van der Waals surface area contributed by atoms with Gasteiger partial charge >= 0.3 is 0 Å². The third-order valence-electron chi connectivity index (χ3n) is 3.19. The van der Waals surface area contributed by atoms with Crippen molar-refractivity contribution in [3.8, 4) is 0 Å². The van der Waals surface area contributed by atoms with Crippen molar-refractivity contribution in [2.45, 2.75) is 26.7 Å². The van der Waals surface area contributed by atoms with E-state index in [2.05, 4.69) is 10.3 Å². The lowest BCUT2D eigenvalue weighted by Crippen LogP contribution is -2.41. The van der Waals surface area contributed by atoms with E-state index >= 15 is 0 Å². The van der Waals surface area contributed by atoms with Crippen molar-refractivity contribution in [3.63, 3.8) is 0 Å². The zero-order valence-electron chi connectivity index (χ0n) is 10.2. The highest BCUT2D eigenvalue weighted by Gasteiger charge is 2.33. The van der Waals surface area contributed by atoms with Crippen LogP contribution in [0.1, 0.15) is 26.7 Å². The number of nitrogens with one attached hydrogen (secondary N) is 1. The minimum absolute atomic E-state index is 0.0974. The lowest BCUT2D eigenvalue weighted by molar-refractivity contribution is -0.125. The van der Waals surface area contributed by atoms with Crippen LogP contribution in [0.4, 0.5) is 5.82 Å². The van der Waals surface area contributed by atoms with Crippen LogP contribution >= 0.6 is 11.6 Å². The fourth-order valence-corrected chi connectivity index (χ4v) is 1.83. The second-order valence-electron chi connectivity index (χ2n) is 4.00. The van der Waals surface area contributed by atoms with Gasteiger partial charge in [-0.25, -0.2) is 4.98 Å². The maximum atomic E-state index is 12.2. The van der Waals surface area contributed by atoms with Gasteiger partial charge in [0.25, 0.3) is 0 Å². The normalized spacial score (nSPS) is 11.3. The minimum atomic E-state index is -0.524. The molecule has 1 rings (SSSR count). The van der Waals surface area contributed by atoms with Crippen LogP contribution in [0.15, 0.2) is 18.3 Å². The summed E-state index contributed by atoms with van der Waals surface area (Å²) in [5.41, 5.74) is 5.18. The summed E-state index contributed by atoms with van der Waals surface area (Å²) in [6.07, 6.45) is 2.96. The van der Waals surface area contributed by atoms with Gasteiger partial charge in [0.2, 0.25) is 5.91 Å². The highest BCUT2D eigenvalue weighted by molar-refractivity contribution is 6.30. The zero-order valence-corrected chi connectivity index (χ0v) is 10.9. The van der Waals surface area contributed by atoms with Gasteiger partial charge in [-0.15, -0.1) is 0 Å².